The molecule has 0 bridgehead atoms. The molecule has 0 saturated carbocycles. The van der Waals surface area contributed by atoms with Gasteiger partial charge < -0.3 is 30.7 Å². The summed E-state index contributed by atoms with van der Waals surface area (Å²) in [5.74, 6) is -1.34. The van der Waals surface area contributed by atoms with Gasteiger partial charge in [0.25, 0.3) is 23.6 Å². The Morgan fingerprint density at radius 2 is 1.79 bits per heavy atom. The highest BCUT2D eigenvalue weighted by Crippen LogP contribution is 2.34. The first-order valence-electron chi connectivity index (χ1n) is 20.1. The number of carbonyl (C=O) groups is 6. The highest BCUT2D eigenvalue weighted by Gasteiger charge is 2.46. The van der Waals surface area contributed by atoms with Crippen LogP contribution in [0.2, 0.25) is 5.02 Å². The van der Waals surface area contributed by atoms with E-state index in [1.807, 2.05) is 32.0 Å². The number of piperidine rings is 1. The number of hydrogen-bond acceptors (Lipinski definition) is 16. The summed E-state index contributed by atoms with van der Waals surface area (Å²) < 4.78 is 5.64. The molecule has 5 heterocycles. The summed E-state index contributed by atoms with van der Waals surface area (Å²) in [6, 6.07) is 10.6. The molecule has 2 fully saturated rings. The number of imide groups is 2. The highest BCUT2D eigenvalue weighted by molar-refractivity contribution is 7.17. The lowest BCUT2D eigenvalue weighted by Crippen LogP contribution is -2.54. The van der Waals surface area contributed by atoms with E-state index in [-0.39, 0.29) is 35.6 Å². The Morgan fingerprint density at radius 1 is 1.02 bits per heavy atom. The van der Waals surface area contributed by atoms with Crippen LogP contribution in [0.5, 0.6) is 5.75 Å². The minimum Gasteiger partial charge on any atom is -0.483 e. The van der Waals surface area contributed by atoms with Crippen molar-refractivity contribution in [3.05, 3.63) is 81.1 Å². The van der Waals surface area contributed by atoms with Crippen LogP contribution in [0.25, 0.3) is 0 Å². The van der Waals surface area contributed by atoms with Crippen molar-refractivity contribution < 1.29 is 38.6 Å². The second-order valence-electron chi connectivity index (χ2n) is 14.9. The number of para-hydroxylation sites is 1. The number of rotatable bonds is 17. The summed E-state index contributed by atoms with van der Waals surface area (Å²) in [5.41, 5.74) is 1.45. The number of ether oxygens (including phenoxy) is 1. The number of thiazole rings is 1. The van der Waals surface area contributed by atoms with Crippen molar-refractivity contribution in [2.24, 2.45) is 0 Å². The summed E-state index contributed by atoms with van der Waals surface area (Å²) in [6.45, 7) is 7.44. The Balaban J connectivity index is 0.781. The molecule has 7 rings (SSSR count). The number of halogens is 1. The van der Waals surface area contributed by atoms with E-state index in [4.69, 9.17) is 16.3 Å². The lowest BCUT2D eigenvalue weighted by atomic mass is 10.0. The summed E-state index contributed by atoms with van der Waals surface area (Å²) >= 11 is 7.48. The van der Waals surface area contributed by atoms with Gasteiger partial charge in [-0.25, -0.2) is 15.0 Å². The van der Waals surface area contributed by atoms with Crippen molar-refractivity contribution >= 4 is 80.8 Å². The van der Waals surface area contributed by atoms with Gasteiger partial charge >= 0.3 is 0 Å². The fourth-order valence-electron chi connectivity index (χ4n) is 7.30. The van der Waals surface area contributed by atoms with Crippen molar-refractivity contribution in [3.63, 3.8) is 0 Å². The van der Waals surface area contributed by atoms with Crippen LogP contribution in [0, 0.1) is 13.8 Å². The predicted molar refractivity (Wildman–Crippen MR) is 230 cm³/mol. The number of piperazine rings is 1. The number of nitrogens with one attached hydrogen (secondary N) is 5. The molecule has 19 nitrogen and oxygen atoms in total. The van der Waals surface area contributed by atoms with Gasteiger partial charge in [-0.2, -0.15) is 0 Å². The van der Waals surface area contributed by atoms with E-state index in [1.54, 1.807) is 6.07 Å². The van der Waals surface area contributed by atoms with Crippen LogP contribution in [-0.4, -0.2) is 130 Å². The van der Waals surface area contributed by atoms with Gasteiger partial charge in [-0.1, -0.05) is 41.1 Å². The molecule has 3 aliphatic rings. The maximum Gasteiger partial charge on any atom is 0.267 e. The van der Waals surface area contributed by atoms with E-state index in [9.17, 15) is 33.9 Å². The normalized spacial score (nSPS) is 17.1. The average molecular weight is 888 g/mol. The Morgan fingerprint density at radius 3 is 2.56 bits per heavy atom. The smallest absolute Gasteiger partial charge is 0.267 e. The monoisotopic (exact) mass is 887 g/mol. The molecule has 62 heavy (non-hydrogen) atoms. The number of aliphatic hydroxyl groups excluding tert-OH is 1. The molecule has 4 aromatic rings. The van der Waals surface area contributed by atoms with Crippen molar-refractivity contribution in [2.45, 2.75) is 51.8 Å². The largest absolute Gasteiger partial charge is 0.483 e. The van der Waals surface area contributed by atoms with E-state index in [2.05, 4.69) is 51.3 Å². The summed E-state index contributed by atoms with van der Waals surface area (Å²) in [4.78, 5) is 94.8. The van der Waals surface area contributed by atoms with Crippen molar-refractivity contribution in [3.8, 4) is 5.75 Å². The maximum absolute atomic E-state index is 13.2. The topological polar surface area (TPSA) is 240 Å². The van der Waals surface area contributed by atoms with Gasteiger partial charge in [0.15, 0.2) is 11.7 Å². The van der Waals surface area contributed by atoms with Crippen molar-refractivity contribution in [1.29, 1.82) is 0 Å². The van der Waals surface area contributed by atoms with Crippen LogP contribution in [0.3, 0.4) is 0 Å². The van der Waals surface area contributed by atoms with Crippen molar-refractivity contribution in [1.82, 2.24) is 40.7 Å². The molecular formula is C41H46ClN11O8S. The van der Waals surface area contributed by atoms with Crippen molar-refractivity contribution in [2.75, 3.05) is 68.0 Å². The molecule has 2 aromatic carbocycles. The first-order chi connectivity index (χ1) is 29.8. The van der Waals surface area contributed by atoms with E-state index in [0.717, 1.165) is 16.3 Å². The number of fused-ring (bicyclic) bond motifs is 1. The summed E-state index contributed by atoms with van der Waals surface area (Å²) in [5, 5.41) is 25.8. The lowest BCUT2D eigenvalue weighted by Gasteiger charge is -2.36. The Labute approximate surface area is 365 Å². The highest BCUT2D eigenvalue weighted by atomic mass is 35.5. The summed E-state index contributed by atoms with van der Waals surface area (Å²) in [6.07, 6.45) is 2.12. The number of aromatic nitrogens is 3. The first-order valence-corrected chi connectivity index (χ1v) is 21.3. The Bertz CT molecular complexity index is 2350. The third-order valence-electron chi connectivity index (χ3n) is 10.5. The van der Waals surface area contributed by atoms with Crippen LogP contribution in [0.15, 0.2) is 48.7 Å². The number of anilines is 4. The molecule has 2 saturated heterocycles. The molecule has 0 radical (unpaired) electrons. The molecule has 0 spiro atoms. The standard InChI is InChI=1S/C41H46ClN11O8S/c1-23-7-5-9-26(42)36(23)50-38(58)29-20-45-41(62-29)48-30-19-31(47-24(2)46-30)52-17-15-51(16-18-52)21-33(55)43-13-3-4-14-44-34(56)22-61-28-10-6-8-25-35(28)40(60)53(39(25)59)27-11-12-32(54)49-37(27)57/h5-10,19-20,27,33,43,55H,3-4,11-18,21-22H2,1-2H3,(H,44,56)(H,50,58)(H,49,54,57)(H,45,46,47,48). The Kier molecular flexibility index (Phi) is 14.0. The molecule has 2 atom stereocenters. The van der Waals surface area contributed by atoms with Crippen LogP contribution in [-0.2, 0) is 14.4 Å². The molecule has 6 amide bonds. The van der Waals surface area contributed by atoms with E-state index >= 15 is 0 Å². The minimum absolute atomic E-state index is 0.00581. The number of aliphatic hydroxyl groups is 1. The number of unbranched alkanes of at least 4 members (excludes halogenated alkanes) is 1. The zero-order chi connectivity index (χ0) is 43.9. The molecule has 2 unspecified atom stereocenters. The average Bonchev–Trinajstić information content (AvgIpc) is 3.81. The predicted octanol–water partition coefficient (Wildman–Crippen LogP) is 2.61. The van der Waals surface area contributed by atoms with Gasteiger partial charge in [0.1, 0.15) is 40.4 Å². The SMILES string of the molecule is Cc1nc(Nc2ncc(C(=O)Nc3c(C)cccc3Cl)s2)cc(N2CCN(CC(O)NCCCCNC(=O)COc3cccc4c3C(=O)N(C3CCC(=O)NC3=O)C4=O)CC2)n1. The van der Waals surface area contributed by atoms with Crippen LogP contribution >= 0.6 is 22.9 Å². The van der Waals surface area contributed by atoms with E-state index in [0.29, 0.717) is 91.0 Å². The van der Waals surface area contributed by atoms with Gasteiger partial charge in [0.2, 0.25) is 11.8 Å². The van der Waals surface area contributed by atoms with Crippen LogP contribution < -0.4 is 36.2 Å². The first kappa shape index (κ1) is 44.0. The number of carbonyl (C=O) groups excluding carboxylic acids is 6. The fourth-order valence-corrected chi connectivity index (χ4v) is 8.29. The van der Waals surface area contributed by atoms with E-state index < -0.39 is 48.4 Å². The van der Waals surface area contributed by atoms with Gasteiger partial charge in [0, 0.05) is 51.8 Å². The number of amides is 6. The molecular weight excluding hydrogens is 842 g/mol. The molecule has 326 valence electrons. The number of aryl methyl sites for hydroxylation is 2. The van der Waals surface area contributed by atoms with Crippen LogP contribution in [0.1, 0.15) is 67.5 Å². The second kappa shape index (κ2) is 19.8. The molecule has 6 N–H and O–H groups in total. The molecule has 0 aliphatic carbocycles. The van der Waals surface area contributed by atoms with Gasteiger partial charge in [0.05, 0.1) is 28.0 Å². The quantitative estimate of drug-likeness (QED) is 0.0508. The molecule has 21 heteroatoms. The third-order valence-corrected chi connectivity index (χ3v) is 11.7. The van der Waals surface area contributed by atoms with Gasteiger partial charge in [-0.15, -0.1) is 0 Å². The number of β-amino-alcohol motifs (C(OH)–C–C–N with tert-alkyl or cyclic N) is 1. The summed E-state index contributed by atoms with van der Waals surface area (Å²) in [7, 11) is 0. The zero-order valence-corrected chi connectivity index (χ0v) is 35.6. The third kappa shape index (κ3) is 10.5. The number of nitrogens with zero attached hydrogens (tertiary/aromatic N) is 6. The zero-order valence-electron chi connectivity index (χ0n) is 34.0. The second-order valence-corrected chi connectivity index (χ2v) is 16.4. The fraction of sp³-hybridized carbons (Fsp3) is 0.390. The van der Waals surface area contributed by atoms with Crippen LogP contribution in [0.4, 0.5) is 22.5 Å². The Hall–Kier alpha value is -6.06. The number of benzene rings is 2. The minimum atomic E-state index is -1.11. The van der Waals surface area contributed by atoms with Gasteiger partial charge in [-0.05, 0) is 63.4 Å². The van der Waals surface area contributed by atoms with E-state index in [1.165, 1.54) is 35.7 Å². The molecule has 2 aromatic heterocycles. The molecule has 3 aliphatic heterocycles. The number of hydrogen-bond donors (Lipinski definition) is 6. The lowest BCUT2D eigenvalue weighted by molar-refractivity contribution is -0.136. The van der Waals surface area contributed by atoms with Gasteiger partial charge in [-0.3, -0.25) is 49.2 Å². The maximum atomic E-state index is 13.2.